The number of nitrogens with two attached hydrogens (primary N) is 2. The molecule has 0 unspecified atom stereocenters. The van der Waals surface area contributed by atoms with Crippen LogP contribution in [0.2, 0.25) is 5.02 Å². The third kappa shape index (κ3) is 3.63. The Balaban J connectivity index is 1.74. The fraction of sp³-hybridized carbons (Fsp3) is 0.217. The third-order valence-corrected chi connectivity index (χ3v) is 5.80. The molecule has 3 aromatic rings. The highest BCUT2D eigenvalue weighted by molar-refractivity contribution is 6.31. The maximum Gasteiger partial charge on any atom is 0.242 e. The minimum atomic E-state index is -0.243. The molecule has 0 aromatic heterocycles. The predicted molar refractivity (Wildman–Crippen MR) is 106 cm³/mol. The molecule has 0 aliphatic carbocycles. The summed E-state index contributed by atoms with van der Waals surface area (Å²) in [5.74, 6) is -0.243. The van der Waals surface area contributed by atoms with Crippen molar-refractivity contribution in [3.63, 3.8) is 0 Å². The van der Waals surface area contributed by atoms with Crippen LogP contribution in [0, 0.1) is 19.7 Å². The van der Waals surface area contributed by atoms with E-state index in [1.165, 1.54) is 28.3 Å². The number of halogens is 2. The zero-order valence-electron chi connectivity index (χ0n) is 15.5. The average Bonchev–Trinajstić information content (AvgIpc) is 3.08. The van der Waals surface area contributed by atoms with Gasteiger partial charge in [-0.25, -0.2) is 4.39 Å². The molecule has 1 fully saturated rings. The molecule has 1 aliphatic rings. The molecule has 1 saturated heterocycles. The van der Waals surface area contributed by atoms with Crippen molar-refractivity contribution in [1.82, 2.24) is 0 Å². The van der Waals surface area contributed by atoms with Gasteiger partial charge in [-0.2, -0.15) is 0 Å². The summed E-state index contributed by atoms with van der Waals surface area (Å²) in [5, 5.41) is 4.96. The Hall–Kier alpha value is -2.20. The molecule has 2 atom stereocenters. The summed E-state index contributed by atoms with van der Waals surface area (Å²) in [4.78, 5) is 0. The topological polar surface area (TPSA) is 33.2 Å². The lowest BCUT2D eigenvalue weighted by Crippen LogP contribution is -2.96. The average molecular weight is 383 g/mol. The van der Waals surface area contributed by atoms with Crippen LogP contribution in [-0.4, -0.2) is 0 Å². The highest BCUT2D eigenvalue weighted by Crippen LogP contribution is 2.30. The van der Waals surface area contributed by atoms with Crippen LogP contribution in [0.1, 0.15) is 46.1 Å². The van der Waals surface area contributed by atoms with Gasteiger partial charge in [-0.05, 0) is 26.0 Å². The first-order valence-electron chi connectivity index (χ1n) is 9.30. The van der Waals surface area contributed by atoms with Gasteiger partial charge in [0.25, 0.3) is 0 Å². The summed E-state index contributed by atoms with van der Waals surface area (Å²) in [7, 11) is 0. The van der Waals surface area contributed by atoms with Crippen molar-refractivity contribution in [2.75, 3.05) is 0 Å². The minimum absolute atomic E-state index is 0.115. The highest BCUT2D eigenvalue weighted by Gasteiger charge is 2.45. The van der Waals surface area contributed by atoms with Gasteiger partial charge >= 0.3 is 0 Å². The summed E-state index contributed by atoms with van der Waals surface area (Å²) >= 11 is 6.36. The van der Waals surface area contributed by atoms with Gasteiger partial charge in [-0.3, -0.25) is 10.6 Å². The molecule has 0 bridgehead atoms. The highest BCUT2D eigenvalue weighted by atomic mass is 35.5. The number of hydrogen-bond donors (Lipinski definition) is 2. The molecule has 3 aromatic carbocycles. The van der Waals surface area contributed by atoms with Crippen LogP contribution in [0.25, 0.3) is 0 Å². The van der Waals surface area contributed by atoms with Gasteiger partial charge in [0.1, 0.15) is 11.4 Å². The van der Waals surface area contributed by atoms with E-state index in [9.17, 15) is 4.39 Å². The number of hydrogen-bond acceptors (Lipinski definition) is 0. The molecule has 0 saturated carbocycles. The summed E-state index contributed by atoms with van der Waals surface area (Å²) in [6.45, 7) is 4.18. The number of aryl methyl sites for hydroxylation is 2. The number of rotatable bonds is 3. The monoisotopic (exact) mass is 382 g/mol. The van der Waals surface area contributed by atoms with Gasteiger partial charge in [-0.15, -0.1) is 0 Å². The fourth-order valence-corrected chi connectivity index (χ4v) is 4.28. The van der Waals surface area contributed by atoms with Crippen molar-refractivity contribution in [3.05, 3.63) is 105 Å². The second-order valence-corrected chi connectivity index (χ2v) is 7.83. The van der Waals surface area contributed by atoms with E-state index < -0.39 is 0 Å². The maximum absolute atomic E-state index is 14.5. The van der Waals surface area contributed by atoms with Crippen molar-refractivity contribution in [2.45, 2.75) is 32.1 Å². The lowest BCUT2D eigenvalue weighted by atomic mass is 9.94. The molecule has 0 spiro atoms. The van der Waals surface area contributed by atoms with Crippen LogP contribution in [0.4, 0.5) is 4.39 Å². The van der Waals surface area contributed by atoms with Crippen LogP contribution in [0.5, 0.6) is 0 Å². The second kappa shape index (κ2) is 7.43. The van der Waals surface area contributed by atoms with E-state index in [-0.39, 0.29) is 24.1 Å². The standard InChI is InChI=1S/C23H22ClFN2/c1-14-6-10-16(11-7-14)21-22(17-12-8-15(2)9-13-17)27-23(26-21)20-18(24)4-3-5-19(20)25/h3-13,21-23,26-27H,1-2H3/p+2/t21-,22-/m1/s1. The van der Waals surface area contributed by atoms with E-state index in [4.69, 9.17) is 11.6 Å². The first-order chi connectivity index (χ1) is 13.0. The van der Waals surface area contributed by atoms with Crippen LogP contribution in [0.3, 0.4) is 0 Å². The Bertz CT molecular complexity index is 864. The van der Waals surface area contributed by atoms with Crippen LogP contribution >= 0.6 is 11.6 Å². The second-order valence-electron chi connectivity index (χ2n) is 7.42. The Kier molecular flexibility index (Phi) is 5.00. The Morgan fingerprint density at radius 2 is 1.22 bits per heavy atom. The van der Waals surface area contributed by atoms with Crippen molar-refractivity contribution in [1.29, 1.82) is 0 Å². The van der Waals surface area contributed by atoms with Gasteiger partial charge in [0.2, 0.25) is 6.17 Å². The summed E-state index contributed by atoms with van der Waals surface area (Å²) in [6, 6.07) is 22.6. The molecule has 0 radical (unpaired) electrons. The van der Waals surface area contributed by atoms with Crippen molar-refractivity contribution >= 4 is 11.6 Å². The largest absolute Gasteiger partial charge is 0.282 e. The number of quaternary nitrogens is 2. The zero-order valence-corrected chi connectivity index (χ0v) is 16.2. The lowest BCUT2D eigenvalue weighted by molar-refractivity contribution is -0.863. The first kappa shape index (κ1) is 18.2. The summed E-state index contributed by atoms with van der Waals surface area (Å²) < 4.78 is 14.5. The van der Waals surface area contributed by atoms with Crippen LogP contribution in [0.15, 0.2) is 66.7 Å². The maximum atomic E-state index is 14.5. The van der Waals surface area contributed by atoms with E-state index in [1.54, 1.807) is 12.1 Å². The van der Waals surface area contributed by atoms with E-state index in [2.05, 4.69) is 73.0 Å². The van der Waals surface area contributed by atoms with E-state index in [0.717, 1.165) is 0 Å². The molecule has 138 valence electrons. The molecular formula is C23H24ClFN2+2. The Morgan fingerprint density at radius 3 is 1.67 bits per heavy atom. The van der Waals surface area contributed by atoms with Gasteiger partial charge in [-0.1, -0.05) is 77.3 Å². The molecule has 2 nitrogen and oxygen atoms in total. The lowest BCUT2D eigenvalue weighted by Gasteiger charge is -2.14. The first-order valence-corrected chi connectivity index (χ1v) is 9.68. The van der Waals surface area contributed by atoms with Gasteiger partial charge < -0.3 is 0 Å². The van der Waals surface area contributed by atoms with Gasteiger partial charge in [0, 0.05) is 11.1 Å². The predicted octanol–water partition coefficient (Wildman–Crippen LogP) is 3.72. The molecule has 0 amide bonds. The van der Waals surface area contributed by atoms with Crippen molar-refractivity contribution in [3.8, 4) is 0 Å². The zero-order chi connectivity index (χ0) is 19.0. The van der Waals surface area contributed by atoms with Crippen LogP contribution in [-0.2, 0) is 0 Å². The minimum Gasteiger partial charge on any atom is -0.282 e. The Morgan fingerprint density at radius 1 is 0.741 bits per heavy atom. The fourth-order valence-electron chi connectivity index (χ4n) is 3.99. The third-order valence-electron chi connectivity index (χ3n) is 5.47. The number of benzene rings is 3. The molecule has 4 rings (SSSR count). The van der Waals surface area contributed by atoms with E-state index in [1.807, 2.05) is 0 Å². The van der Waals surface area contributed by atoms with Crippen LogP contribution < -0.4 is 10.6 Å². The van der Waals surface area contributed by atoms with E-state index in [0.29, 0.717) is 10.6 Å². The molecule has 1 aliphatic heterocycles. The van der Waals surface area contributed by atoms with Crippen molar-refractivity contribution in [2.24, 2.45) is 0 Å². The van der Waals surface area contributed by atoms with E-state index >= 15 is 0 Å². The summed E-state index contributed by atoms with van der Waals surface area (Å²) in [6.07, 6.45) is -0.115. The molecule has 4 heteroatoms. The Labute approximate surface area is 164 Å². The molecule has 27 heavy (non-hydrogen) atoms. The molecule has 1 heterocycles. The SMILES string of the molecule is Cc1ccc([C@H]2[NH2+]C(c3c(F)cccc3Cl)[NH2+][C@@H]2c2ccc(C)cc2)cc1. The quantitative estimate of drug-likeness (QED) is 0.692. The molecular weight excluding hydrogens is 359 g/mol. The smallest absolute Gasteiger partial charge is 0.242 e. The van der Waals surface area contributed by atoms with Gasteiger partial charge in [0.05, 0.1) is 5.02 Å². The van der Waals surface area contributed by atoms with Gasteiger partial charge in [0.15, 0.2) is 12.1 Å². The molecule has 4 N–H and O–H groups in total. The normalized spacial score (nSPS) is 20.1. The van der Waals surface area contributed by atoms with Crippen molar-refractivity contribution < 1.29 is 15.0 Å². The summed E-state index contributed by atoms with van der Waals surface area (Å²) in [5.41, 5.74) is 5.54.